The van der Waals surface area contributed by atoms with Crippen molar-refractivity contribution in [3.8, 4) is 0 Å². The van der Waals surface area contributed by atoms with Crippen LogP contribution in [0.2, 0.25) is 5.02 Å². The van der Waals surface area contributed by atoms with Gasteiger partial charge in [-0.1, -0.05) is 29.8 Å². The summed E-state index contributed by atoms with van der Waals surface area (Å²) in [5.41, 5.74) is 6.63. The van der Waals surface area contributed by atoms with Gasteiger partial charge in [-0.3, -0.25) is 5.84 Å². The molecule has 19 heavy (non-hydrogen) atoms. The fourth-order valence-electron chi connectivity index (χ4n) is 2.17. The first-order valence-electron chi connectivity index (χ1n) is 6.01. The second-order valence-electron chi connectivity index (χ2n) is 4.55. The molecule has 2 aromatic carbocycles. The number of hydrazine groups is 1. The van der Waals surface area contributed by atoms with E-state index in [9.17, 15) is 4.39 Å². The molecule has 0 saturated carbocycles. The van der Waals surface area contributed by atoms with Gasteiger partial charge in [0, 0.05) is 5.02 Å². The van der Waals surface area contributed by atoms with Crippen LogP contribution in [0.4, 0.5) is 4.39 Å². The molecule has 1 atom stereocenters. The SMILES string of the molecule is Cc1cccc(C(NN)c2cc(F)ccc2Cl)c1C. The van der Waals surface area contributed by atoms with Crippen LogP contribution in [0, 0.1) is 19.7 Å². The molecule has 0 bridgehead atoms. The molecule has 2 rings (SSSR count). The van der Waals surface area contributed by atoms with Crippen molar-refractivity contribution in [2.24, 2.45) is 5.84 Å². The number of benzene rings is 2. The maximum atomic E-state index is 13.4. The molecule has 1 unspecified atom stereocenters. The third kappa shape index (κ3) is 2.78. The molecule has 0 amide bonds. The van der Waals surface area contributed by atoms with Crippen LogP contribution in [0.5, 0.6) is 0 Å². The summed E-state index contributed by atoms with van der Waals surface area (Å²) >= 11 is 6.15. The number of nitrogens with one attached hydrogen (secondary N) is 1. The first kappa shape index (κ1) is 14.0. The zero-order chi connectivity index (χ0) is 14.0. The van der Waals surface area contributed by atoms with Crippen LogP contribution < -0.4 is 11.3 Å². The topological polar surface area (TPSA) is 38.0 Å². The van der Waals surface area contributed by atoms with Crippen molar-refractivity contribution >= 4 is 11.6 Å². The fourth-order valence-corrected chi connectivity index (χ4v) is 2.40. The summed E-state index contributed by atoms with van der Waals surface area (Å²) in [5, 5.41) is 0.491. The average molecular weight is 279 g/mol. The molecule has 2 aromatic rings. The van der Waals surface area contributed by atoms with Crippen molar-refractivity contribution in [2.45, 2.75) is 19.9 Å². The van der Waals surface area contributed by atoms with E-state index in [-0.39, 0.29) is 11.9 Å². The highest BCUT2D eigenvalue weighted by Crippen LogP contribution is 2.31. The summed E-state index contributed by atoms with van der Waals surface area (Å²) in [7, 11) is 0. The van der Waals surface area contributed by atoms with Gasteiger partial charge in [-0.15, -0.1) is 0 Å². The van der Waals surface area contributed by atoms with E-state index in [1.54, 1.807) is 6.07 Å². The molecule has 0 aliphatic carbocycles. The van der Waals surface area contributed by atoms with Crippen LogP contribution in [0.1, 0.15) is 28.3 Å². The lowest BCUT2D eigenvalue weighted by molar-refractivity contribution is 0.604. The van der Waals surface area contributed by atoms with Crippen LogP contribution >= 0.6 is 11.6 Å². The van der Waals surface area contributed by atoms with Gasteiger partial charge >= 0.3 is 0 Å². The minimum atomic E-state index is -0.330. The molecule has 3 N–H and O–H groups in total. The Hall–Kier alpha value is -1.42. The minimum absolute atomic E-state index is 0.329. The molecule has 0 aliphatic heterocycles. The zero-order valence-electron chi connectivity index (χ0n) is 10.9. The molecule has 0 aliphatic rings. The third-order valence-electron chi connectivity index (χ3n) is 3.39. The van der Waals surface area contributed by atoms with E-state index in [1.807, 2.05) is 32.0 Å². The van der Waals surface area contributed by atoms with E-state index < -0.39 is 0 Å². The normalized spacial score (nSPS) is 12.5. The highest BCUT2D eigenvalue weighted by molar-refractivity contribution is 6.31. The predicted octanol–water partition coefficient (Wildman–Crippen LogP) is 3.65. The number of nitrogens with two attached hydrogens (primary N) is 1. The Kier molecular flexibility index (Phi) is 4.20. The van der Waals surface area contributed by atoms with Crippen LogP contribution in [0.25, 0.3) is 0 Å². The maximum Gasteiger partial charge on any atom is 0.123 e. The molecule has 100 valence electrons. The van der Waals surface area contributed by atoms with E-state index in [0.29, 0.717) is 10.6 Å². The smallest absolute Gasteiger partial charge is 0.123 e. The molecule has 0 radical (unpaired) electrons. The zero-order valence-corrected chi connectivity index (χ0v) is 11.6. The van der Waals surface area contributed by atoms with E-state index in [0.717, 1.165) is 16.7 Å². The number of hydrogen-bond acceptors (Lipinski definition) is 2. The van der Waals surface area contributed by atoms with Gasteiger partial charge < -0.3 is 0 Å². The Morgan fingerprint density at radius 1 is 1.16 bits per heavy atom. The van der Waals surface area contributed by atoms with Crippen molar-refractivity contribution in [1.82, 2.24) is 5.43 Å². The highest BCUT2D eigenvalue weighted by atomic mass is 35.5. The lowest BCUT2D eigenvalue weighted by Gasteiger charge is -2.21. The summed E-state index contributed by atoms with van der Waals surface area (Å²) in [5.74, 6) is 5.31. The molecule has 0 saturated heterocycles. The van der Waals surface area contributed by atoms with E-state index >= 15 is 0 Å². The summed E-state index contributed by atoms with van der Waals surface area (Å²) in [6.45, 7) is 4.04. The summed E-state index contributed by atoms with van der Waals surface area (Å²) in [6.07, 6.45) is 0. The van der Waals surface area contributed by atoms with Gasteiger partial charge in [-0.2, -0.15) is 0 Å². The Bertz CT molecular complexity index is 597. The Labute approximate surface area is 117 Å². The van der Waals surface area contributed by atoms with Crippen LogP contribution in [0.15, 0.2) is 36.4 Å². The fraction of sp³-hybridized carbons (Fsp3) is 0.200. The molecule has 4 heteroatoms. The molecule has 0 spiro atoms. The summed E-state index contributed by atoms with van der Waals surface area (Å²) < 4.78 is 13.4. The first-order valence-corrected chi connectivity index (χ1v) is 6.39. The van der Waals surface area contributed by atoms with Crippen LogP contribution in [0.3, 0.4) is 0 Å². The highest BCUT2D eigenvalue weighted by Gasteiger charge is 2.18. The Morgan fingerprint density at radius 2 is 1.89 bits per heavy atom. The maximum absolute atomic E-state index is 13.4. The van der Waals surface area contributed by atoms with Gasteiger partial charge in [0.2, 0.25) is 0 Å². The van der Waals surface area contributed by atoms with Crippen LogP contribution in [-0.2, 0) is 0 Å². The molecule has 2 nitrogen and oxygen atoms in total. The van der Waals surface area contributed by atoms with Crippen molar-refractivity contribution in [1.29, 1.82) is 0 Å². The number of hydrogen-bond donors (Lipinski definition) is 2. The lowest BCUT2D eigenvalue weighted by Crippen LogP contribution is -2.29. The Balaban J connectivity index is 2.56. The quantitative estimate of drug-likeness (QED) is 0.664. The Morgan fingerprint density at radius 3 is 2.58 bits per heavy atom. The summed E-state index contributed by atoms with van der Waals surface area (Å²) in [4.78, 5) is 0. The third-order valence-corrected chi connectivity index (χ3v) is 3.74. The van der Waals surface area contributed by atoms with E-state index in [2.05, 4.69) is 5.43 Å². The molecular weight excluding hydrogens is 263 g/mol. The molecule has 0 fully saturated rings. The monoisotopic (exact) mass is 278 g/mol. The summed E-state index contributed by atoms with van der Waals surface area (Å²) in [6, 6.07) is 9.91. The van der Waals surface area contributed by atoms with E-state index in [1.165, 1.54) is 12.1 Å². The number of halogens is 2. The van der Waals surface area contributed by atoms with Gasteiger partial charge in [0.25, 0.3) is 0 Å². The second kappa shape index (κ2) is 5.70. The van der Waals surface area contributed by atoms with Crippen molar-refractivity contribution < 1.29 is 4.39 Å². The average Bonchev–Trinajstić information content (AvgIpc) is 2.39. The van der Waals surface area contributed by atoms with Gasteiger partial charge in [-0.05, 0) is 54.3 Å². The van der Waals surface area contributed by atoms with Crippen LogP contribution in [-0.4, -0.2) is 0 Å². The van der Waals surface area contributed by atoms with Crippen molar-refractivity contribution in [2.75, 3.05) is 0 Å². The molecular formula is C15H16ClFN2. The standard InChI is InChI=1S/C15H16ClFN2/c1-9-4-3-5-12(10(9)2)15(19-18)13-8-11(17)6-7-14(13)16/h3-8,15,19H,18H2,1-2H3. The van der Waals surface area contributed by atoms with Gasteiger partial charge in [-0.25, -0.2) is 9.82 Å². The molecule has 0 aromatic heterocycles. The van der Waals surface area contributed by atoms with Crippen molar-refractivity contribution in [3.05, 3.63) is 69.5 Å². The van der Waals surface area contributed by atoms with E-state index in [4.69, 9.17) is 17.4 Å². The van der Waals surface area contributed by atoms with Crippen molar-refractivity contribution in [3.63, 3.8) is 0 Å². The second-order valence-corrected chi connectivity index (χ2v) is 4.96. The van der Waals surface area contributed by atoms with Gasteiger partial charge in [0.05, 0.1) is 6.04 Å². The lowest BCUT2D eigenvalue weighted by atomic mass is 9.93. The minimum Gasteiger partial charge on any atom is -0.271 e. The van der Waals surface area contributed by atoms with Gasteiger partial charge in [0.15, 0.2) is 0 Å². The largest absolute Gasteiger partial charge is 0.271 e. The first-order chi connectivity index (χ1) is 9.04. The number of aryl methyl sites for hydroxylation is 1. The molecule has 0 heterocycles. The van der Waals surface area contributed by atoms with Gasteiger partial charge in [0.1, 0.15) is 5.82 Å². The number of rotatable bonds is 3. The predicted molar refractivity (Wildman–Crippen MR) is 76.5 cm³/mol.